The van der Waals surface area contributed by atoms with Gasteiger partial charge in [-0.05, 0) is 40.3 Å². The average Bonchev–Trinajstić information content (AvgIpc) is 3.27. The highest BCUT2D eigenvalue weighted by Gasteiger charge is 2.12. The molecular formula is C31H20N2. The minimum atomic E-state index is 1.05. The Morgan fingerprint density at radius 2 is 1.21 bits per heavy atom. The van der Waals surface area contributed by atoms with Crippen LogP contribution in [0.3, 0.4) is 0 Å². The van der Waals surface area contributed by atoms with Crippen molar-refractivity contribution >= 4 is 43.5 Å². The van der Waals surface area contributed by atoms with Gasteiger partial charge in [-0.25, -0.2) is 0 Å². The van der Waals surface area contributed by atoms with Crippen LogP contribution in [0, 0.1) is 0 Å². The lowest BCUT2D eigenvalue weighted by molar-refractivity contribution is 1.43. The molecular weight excluding hydrogens is 400 g/mol. The molecule has 33 heavy (non-hydrogen) atoms. The molecule has 2 aromatic heterocycles. The maximum absolute atomic E-state index is 4.71. The number of hydrogen-bond donors (Lipinski definition) is 1. The summed E-state index contributed by atoms with van der Waals surface area (Å²) in [5.41, 5.74) is 8.26. The molecule has 0 aliphatic carbocycles. The third-order valence-electron chi connectivity index (χ3n) is 6.66. The number of aromatic nitrogens is 2. The second kappa shape index (κ2) is 7.04. The Morgan fingerprint density at radius 3 is 2.09 bits per heavy atom. The van der Waals surface area contributed by atoms with E-state index in [1.54, 1.807) is 0 Å². The van der Waals surface area contributed by atoms with Gasteiger partial charge in [-0.1, -0.05) is 91.0 Å². The van der Waals surface area contributed by atoms with E-state index in [0.717, 1.165) is 5.52 Å². The van der Waals surface area contributed by atoms with Crippen molar-refractivity contribution in [1.82, 2.24) is 9.97 Å². The lowest BCUT2D eigenvalue weighted by Gasteiger charge is -2.11. The predicted molar refractivity (Wildman–Crippen MR) is 139 cm³/mol. The van der Waals surface area contributed by atoms with Crippen LogP contribution in [0.5, 0.6) is 0 Å². The van der Waals surface area contributed by atoms with Gasteiger partial charge in [0.25, 0.3) is 0 Å². The first kappa shape index (κ1) is 18.2. The van der Waals surface area contributed by atoms with E-state index in [-0.39, 0.29) is 0 Å². The summed E-state index contributed by atoms with van der Waals surface area (Å²) in [7, 11) is 0. The lowest BCUT2D eigenvalue weighted by atomic mass is 9.94. The lowest BCUT2D eigenvalue weighted by Crippen LogP contribution is -1.87. The summed E-state index contributed by atoms with van der Waals surface area (Å²) < 4.78 is 0. The first-order chi connectivity index (χ1) is 16.4. The smallest absolute Gasteiger partial charge is 0.0786 e. The molecule has 0 saturated carbocycles. The molecule has 0 saturated heterocycles. The number of pyridine rings is 1. The van der Waals surface area contributed by atoms with Crippen molar-refractivity contribution in [3.63, 3.8) is 0 Å². The van der Waals surface area contributed by atoms with Crippen molar-refractivity contribution in [2.24, 2.45) is 0 Å². The molecule has 5 aromatic carbocycles. The summed E-state index contributed by atoms with van der Waals surface area (Å²) in [6, 6.07) is 38.9. The third-order valence-corrected chi connectivity index (χ3v) is 6.66. The van der Waals surface area contributed by atoms with Crippen molar-refractivity contribution in [2.75, 3.05) is 0 Å². The van der Waals surface area contributed by atoms with Crippen molar-refractivity contribution in [2.45, 2.75) is 0 Å². The highest BCUT2D eigenvalue weighted by Crippen LogP contribution is 2.36. The molecule has 154 valence electrons. The molecule has 2 heteroatoms. The Morgan fingerprint density at radius 1 is 0.515 bits per heavy atom. The van der Waals surface area contributed by atoms with Gasteiger partial charge in [0.2, 0.25) is 0 Å². The topological polar surface area (TPSA) is 28.7 Å². The van der Waals surface area contributed by atoms with Gasteiger partial charge < -0.3 is 4.98 Å². The molecule has 0 bridgehead atoms. The first-order valence-electron chi connectivity index (χ1n) is 11.2. The molecule has 0 amide bonds. The molecule has 0 aliphatic rings. The fourth-order valence-corrected chi connectivity index (χ4v) is 5.09. The van der Waals surface area contributed by atoms with E-state index in [0.29, 0.717) is 0 Å². The largest absolute Gasteiger partial charge is 0.354 e. The van der Waals surface area contributed by atoms with E-state index in [2.05, 4.69) is 108 Å². The Labute approximate surface area is 191 Å². The van der Waals surface area contributed by atoms with E-state index < -0.39 is 0 Å². The van der Waals surface area contributed by atoms with Gasteiger partial charge in [-0.3, -0.25) is 4.98 Å². The number of rotatable bonds is 2. The zero-order valence-electron chi connectivity index (χ0n) is 17.9. The number of nitrogens with zero attached hydrogens (tertiary/aromatic N) is 1. The van der Waals surface area contributed by atoms with Gasteiger partial charge >= 0.3 is 0 Å². The summed E-state index contributed by atoms with van der Waals surface area (Å²) in [6.45, 7) is 0. The predicted octanol–water partition coefficient (Wildman–Crippen LogP) is 8.36. The monoisotopic (exact) mass is 420 g/mol. The summed E-state index contributed by atoms with van der Waals surface area (Å²) in [6.07, 6.45) is 1.88. The molecule has 0 aliphatic heterocycles. The van der Waals surface area contributed by atoms with Gasteiger partial charge in [0.05, 0.1) is 11.0 Å². The average molecular weight is 421 g/mol. The second-order valence-electron chi connectivity index (χ2n) is 8.52. The number of para-hydroxylation sites is 2. The minimum Gasteiger partial charge on any atom is -0.354 e. The summed E-state index contributed by atoms with van der Waals surface area (Å²) in [5.74, 6) is 0. The van der Waals surface area contributed by atoms with Gasteiger partial charge in [0, 0.05) is 38.8 Å². The number of benzene rings is 5. The maximum Gasteiger partial charge on any atom is 0.0786 e. The Balaban J connectivity index is 1.40. The second-order valence-corrected chi connectivity index (χ2v) is 8.52. The fourth-order valence-electron chi connectivity index (χ4n) is 5.09. The highest BCUT2D eigenvalue weighted by molar-refractivity contribution is 6.13. The Kier molecular flexibility index (Phi) is 3.88. The van der Waals surface area contributed by atoms with Crippen LogP contribution >= 0.6 is 0 Å². The van der Waals surface area contributed by atoms with Gasteiger partial charge in [-0.15, -0.1) is 0 Å². The summed E-state index contributed by atoms with van der Waals surface area (Å²) in [5, 5.41) is 6.12. The van der Waals surface area contributed by atoms with Gasteiger partial charge in [0.1, 0.15) is 0 Å². The molecule has 0 radical (unpaired) electrons. The van der Waals surface area contributed by atoms with E-state index in [1.807, 2.05) is 12.3 Å². The molecule has 0 unspecified atom stereocenters. The molecule has 2 heterocycles. The molecule has 0 atom stereocenters. The molecule has 0 fully saturated rings. The SMILES string of the molecule is c1ccc2c(c1)cc(-c1ccc(-c3cccc4c3[nH]c3ccccc34)cc1)c1cccnc12. The molecule has 0 spiro atoms. The van der Waals surface area contributed by atoms with Crippen LogP contribution < -0.4 is 0 Å². The van der Waals surface area contributed by atoms with Crippen LogP contribution in [0.1, 0.15) is 0 Å². The van der Waals surface area contributed by atoms with Crippen molar-refractivity contribution < 1.29 is 0 Å². The van der Waals surface area contributed by atoms with Crippen LogP contribution in [-0.4, -0.2) is 9.97 Å². The molecule has 1 N–H and O–H groups in total. The summed E-state index contributed by atoms with van der Waals surface area (Å²) in [4.78, 5) is 8.34. The van der Waals surface area contributed by atoms with E-state index in [9.17, 15) is 0 Å². The van der Waals surface area contributed by atoms with E-state index >= 15 is 0 Å². The number of aromatic amines is 1. The van der Waals surface area contributed by atoms with Gasteiger partial charge in [0.15, 0.2) is 0 Å². The third kappa shape index (κ3) is 2.78. The van der Waals surface area contributed by atoms with Crippen molar-refractivity contribution in [3.05, 3.63) is 115 Å². The zero-order valence-corrected chi connectivity index (χ0v) is 17.9. The fraction of sp³-hybridized carbons (Fsp3) is 0. The Bertz CT molecular complexity index is 1810. The van der Waals surface area contributed by atoms with Crippen LogP contribution in [0.4, 0.5) is 0 Å². The summed E-state index contributed by atoms with van der Waals surface area (Å²) >= 11 is 0. The number of hydrogen-bond acceptors (Lipinski definition) is 1. The number of H-pyrrole nitrogens is 1. The van der Waals surface area contributed by atoms with Crippen LogP contribution in [0.2, 0.25) is 0 Å². The maximum atomic E-state index is 4.71. The normalized spacial score (nSPS) is 11.6. The van der Waals surface area contributed by atoms with E-state index in [1.165, 1.54) is 60.2 Å². The first-order valence-corrected chi connectivity index (χ1v) is 11.2. The molecule has 2 nitrogen and oxygen atoms in total. The van der Waals surface area contributed by atoms with Crippen molar-refractivity contribution in [3.8, 4) is 22.3 Å². The molecule has 7 aromatic rings. The zero-order chi connectivity index (χ0) is 21.8. The number of nitrogens with one attached hydrogen (secondary N) is 1. The quantitative estimate of drug-likeness (QED) is 0.280. The van der Waals surface area contributed by atoms with Gasteiger partial charge in [-0.2, -0.15) is 0 Å². The molecule has 7 rings (SSSR count). The van der Waals surface area contributed by atoms with Crippen molar-refractivity contribution in [1.29, 1.82) is 0 Å². The minimum absolute atomic E-state index is 1.05. The van der Waals surface area contributed by atoms with Crippen LogP contribution in [-0.2, 0) is 0 Å². The van der Waals surface area contributed by atoms with E-state index in [4.69, 9.17) is 4.98 Å². The highest BCUT2D eigenvalue weighted by atomic mass is 14.7. The number of fused-ring (bicyclic) bond motifs is 6. The van der Waals surface area contributed by atoms with Crippen LogP contribution in [0.15, 0.2) is 115 Å². The Hall–Kier alpha value is -4.43. The standard InChI is InChI=1S/C31H20N2/c1-2-8-24-22(7-1)19-28(27-12-6-18-32-30(24)27)21-16-14-20(15-17-21)23-10-5-11-26-25-9-3-4-13-29(25)33-31(23)26/h1-19,33H. The van der Waals surface area contributed by atoms with Crippen LogP contribution in [0.25, 0.3) is 65.7 Å².